The molecule has 0 aliphatic carbocycles. The molecule has 5 aromatic rings. The number of phenolic OH excluding ortho intramolecular Hbond substituents is 1. The van der Waals surface area contributed by atoms with Gasteiger partial charge in [-0.1, -0.05) is 56.6 Å². The van der Waals surface area contributed by atoms with Crippen LogP contribution in [0.15, 0.2) is 91.0 Å². The van der Waals surface area contributed by atoms with E-state index in [1.54, 1.807) is 36.4 Å². The number of nitrogens with zero attached hydrogens (tertiary/aromatic N) is 2. The van der Waals surface area contributed by atoms with Crippen LogP contribution in [-0.4, -0.2) is 116 Å². The van der Waals surface area contributed by atoms with Gasteiger partial charge in [0.15, 0.2) is 5.75 Å². The van der Waals surface area contributed by atoms with Crippen LogP contribution in [0.5, 0.6) is 23.0 Å². The Bertz CT molecular complexity index is 2340. The fourth-order valence-electron chi connectivity index (χ4n) is 7.18. The highest BCUT2D eigenvalue weighted by Gasteiger charge is 2.44. The van der Waals surface area contributed by atoms with Crippen LogP contribution in [0, 0.1) is 11.2 Å². The van der Waals surface area contributed by atoms with Crippen molar-refractivity contribution in [1.29, 1.82) is 0 Å². The number of rotatable bonds is 20. The lowest BCUT2D eigenvalue weighted by Gasteiger charge is -2.35. The van der Waals surface area contributed by atoms with Gasteiger partial charge in [-0.25, -0.2) is 4.39 Å². The van der Waals surface area contributed by atoms with Gasteiger partial charge in [-0.2, -0.15) is 0 Å². The molecule has 0 bridgehead atoms. The number of carbonyl (C=O) groups is 3. The van der Waals surface area contributed by atoms with Gasteiger partial charge in [-0.05, 0) is 97.2 Å². The number of benzene rings is 4. The molecule has 1 aromatic heterocycles. The summed E-state index contributed by atoms with van der Waals surface area (Å²) in [6.45, 7) is 9.57. The molecule has 1 fully saturated rings. The van der Waals surface area contributed by atoms with Crippen LogP contribution in [0.3, 0.4) is 0 Å². The summed E-state index contributed by atoms with van der Waals surface area (Å²) in [5, 5.41) is 27.7. The number of likely N-dealkylation sites (N-methyl/N-ethyl adjacent to an activating group) is 1. The topological polar surface area (TPSA) is 159 Å². The fraction of sp³-hybridized carbons (Fsp3) is 0.396. The molecule has 1 aliphatic heterocycles. The zero-order valence-electron chi connectivity index (χ0n) is 36.6. The van der Waals surface area contributed by atoms with Crippen LogP contribution >= 0.6 is 22.9 Å². The van der Waals surface area contributed by atoms with Gasteiger partial charge in [-0.3, -0.25) is 14.4 Å². The average Bonchev–Trinajstić information content (AvgIpc) is 3.82. The molecular formula is C48H56ClFN4O9S. The number of β-amino-alcohol motifs (C(OH)–C–C–N with tert-alkyl or cyclic N) is 1. The summed E-state index contributed by atoms with van der Waals surface area (Å²) in [5.74, 6) is 0.399. The van der Waals surface area contributed by atoms with Crippen molar-refractivity contribution in [2.75, 3.05) is 59.7 Å². The van der Waals surface area contributed by atoms with E-state index in [4.69, 9.17) is 30.5 Å². The number of hydrogen-bond acceptors (Lipinski definition) is 11. The second kappa shape index (κ2) is 22.1. The van der Waals surface area contributed by atoms with Gasteiger partial charge >= 0.3 is 0 Å². The molecule has 2 heterocycles. The Morgan fingerprint density at radius 2 is 1.58 bits per heavy atom. The number of carbonyl (C=O) groups excluding carboxylic acids is 3. The van der Waals surface area contributed by atoms with Crippen molar-refractivity contribution in [3.05, 3.63) is 107 Å². The van der Waals surface area contributed by atoms with Crippen molar-refractivity contribution >= 4 is 50.7 Å². The molecule has 1 aliphatic rings. The van der Waals surface area contributed by atoms with Gasteiger partial charge in [0.05, 0.1) is 36.8 Å². The van der Waals surface area contributed by atoms with Gasteiger partial charge in [0.1, 0.15) is 48.4 Å². The molecule has 4 atom stereocenters. The summed E-state index contributed by atoms with van der Waals surface area (Å²) in [6, 6.07) is 23.5. The average molecular weight is 920 g/mol. The van der Waals surface area contributed by atoms with E-state index in [9.17, 15) is 29.0 Å². The van der Waals surface area contributed by atoms with E-state index in [1.165, 1.54) is 28.4 Å². The number of phenols is 1. The standard InChI is InChI=1S/C48H56ClFN4O9S/c1-30(31-6-10-33(49)11-7-31)51-46(58)40-26-36(56)28-54(40)47(59)45(48(2,3)4)52-42(57)29-61-25-24-60-22-20-53(5)21-23-62-37-15-17-38(18-16-37)63-43-39-19-14-35(55)27-41(39)64-44(43)32-8-12-34(50)13-9-32/h6-19,27,30,36,40,45,55-56H,20-26,28-29H2,1-5H3,(H,51,58)(H,52,57)/t30-,36+,40-,45+/m0/s1. The van der Waals surface area contributed by atoms with Crippen LogP contribution in [0.4, 0.5) is 4.39 Å². The normalized spacial score (nSPS) is 16.2. The minimum atomic E-state index is -0.972. The largest absolute Gasteiger partial charge is 0.508 e. The minimum absolute atomic E-state index is 0.0266. The first kappa shape index (κ1) is 48.2. The van der Waals surface area contributed by atoms with Crippen LogP contribution in [0.25, 0.3) is 20.5 Å². The predicted octanol–water partition coefficient (Wildman–Crippen LogP) is 7.57. The Morgan fingerprint density at radius 3 is 2.28 bits per heavy atom. The number of aliphatic hydroxyl groups is 1. The van der Waals surface area contributed by atoms with Crippen molar-refractivity contribution < 1.29 is 47.9 Å². The van der Waals surface area contributed by atoms with Gasteiger partial charge in [-0.15, -0.1) is 11.3 Å². The van der Waals surface area contributed by atoms with Crippen molar-refractivity contribution in [3.8, 4) is 33.4 Å². The van der Waals surface area contributed by atoms with E-state index in [0.29, 0.717) is 48.6 Å². The van der Waals surface area contributed by atoms with Crippen LogP contribution in [-0.2, 0) is 23.9 Å². The zero-order chi connectivity index (χ0) is 46.0. The lowest BCUT2D eigenvalue weighted by Crippen LogP contribution is -2.58. The smallest absolute Gasteiger partial charge is 0.246 e. The van der Waals surface area contributed by atoms with E-state index in [1.807, 2.05) is 77.2 Å². The minimum Gasteiger partial charge on any atom is -0.508 e. The Balaban J connectivity index is 0.876. The number of aromatic hydroxyl groups is 1. The second-order valence-electron chi connectivity index (χ2n) is 16.9. The summed E-state index contributed by atoms with van der Waals surface area (Å²) in [6.07, 6.45) is -0.796. The SMILES string of the molecule is C[C@H](NC(=O)[C@@H]1C[C@@H](O)CN1C(=O)[C@@H](NC(=O)COCCOCCN(C)CCOc1ccc(Oc2c(-c3ccc(F)cc3)sc3cc(O)ccc23)cc1)C(C)(C)C)c1ccc(Cl)cc1. The second-order valence-corrected chi connectivity index (χ2v) is 18.4. The number of hydrogen-bond donors (Lipinski definition) is 4. The van der Waals surface area contributed by atoms with E-state index >= 15 is 0 Å². The number of aliphatic hydroxyl groups excluding tert-OH is 1. The molecule has 13 nitrogen and oxygen atoms in total. The number of fused-ring (bicyclic) bond motifs is 1. The highest BCUT2D eigenvalue weighted by atomic mass is 35.5. The lowest BCUT2D eigenvalue weighted by molar-refractivity contribution is -0.144. The Kier molecular flexibility index (Phi) is 16.6. The van der Waals surface area contributed by atoms with Gasteiger partial charge < -0.3 is 49.6 Å². The molecule has 4 N–H and O–H groups in total. The molecule has 0 unspecified atom stereocenters. The number of likely N-dealkylation sites (tertiary alicyclic amines) is 1. The maximum atomic E-state index is 13.9. The number of nitrogens with one attached hydrogen (secondary N) is 2. The van der Waals surface area contributed by atoms with Gasteiger partial charge in [0.2, 0.25) is 17.7 Å². The molecule has 0 spiro atoms. The Hall–Kier alpha value is -5.29. The fourth-order valence-corrected chi connectivity index (χ4v) is 8.47. The number of amides is 3. The quantitative estimate of drug-likeness (QED) is 0.0574. The summed E-state index contributed by atoms with van der Waals surface area (Å²) in [4.78, 5) is 44.5. The van der Waals surface area contributed by atoms with E-state index in [-0.39, 0.29) is 50.4 Å². The van der Waals surface area contributed by atoms with Crippen LogP contribution in [0.2, 0.25) is 5.02 Å². The summed E-state index contributed by atoms with van der Waals surface area (Å²) in [7, 11) is 1.96. The van der Waals surface area contributed by atoms with Gasteiger partial charge in [0.25, 0.3) is 0 Å². The third kappa shape index (κ3) is 13.1. The predicted molar refractivity (Wildman–Crippen MR) is 246 cm³/mol. The van der Waals surface area contributed by atoms with E-state index < -0.39 is 41.3 Å². The summed E-state index contributed by atoms with van der Waals surface area (Å²) >= 11 is 7.47. The van der Waals surface area contributed by atoms with Crippen molar-refractivity contribution in [2.24, 2.45) is 5.41 Å². The highest BCUT2D eigenvalue weighted by molar-refractivity contribution is 7.22. The first-order chi connectivity index (χ1) is 30.5. The summed E-state index contributed by atoms with van der Waals surface area (Å²) in [5.41, 5.74) is 0.947. The Morgan fingerprint density at radius 1 is 0.906 bits per heavy atom. The molecule has 64 heavy (non-hydrogen) atoms. The lowest BCUT2D eigenvalue weighted by atomic mass is 9.85. The molecule has 0 saturated carbocycles. The maximum Gasteiger partial charge on any atom is 0.246 e. The third-order valence-electron chi connectivity index (χ3n) is 10.8. The molecule has 3 amide bonds. The number of ether oxygens (including phenoxy) is 4. The molecule has 342 valence electrons. The first-order valence-electron chi connectivity index (χ1n) is 21.2. The van der Waals surface area contributed by atoms with Gasteiger partial charge in [0, 0.05) is 41.2 Å². The van der Waals surface area contributed by atoms with Crippen molar-refractivity contribution in [1.82, 2.24) is 20.4 Å². The van der Waals surface area contributed by atoms with E-state index in [0.717, 1.165) is 26.1 Å². The molecule has 0 radical (unpaired) electrons. The maximum absolute atomic E-state index is 13.9. The third-order valence-corrected chi connectivity index (χ3v) is 12.2. The molecular weight excluding hydrogens is 863 g/mol. The number of halogens is 2. The van der Waals surface area contributed by atoms with E-state index in [2.05, 4.69) is 15.5 Å². The first-order valence-corrected chi connectivity index (χ1v) is 22.3. The molecule has 16 heteroatoms. The zero-order valence-corrected chi connectivity index (χ0v) is 38.2. The molecule has 1 saturated heterocycles. The van der Waals surface area contributed by atoms with Crippen molar-refractivity contribution in [3.63, 3.8) is 0 Å². The van der Waals surface area contributed by atoms with Crippen LogP contribution in [0.1, 0.15) is 45.7 Å². The summed E-state index contributed by atoms with van der Waals surface area (Å²) < 4.78 is 38.1. The molecule has 6 rings (SSSR count). The highest BCUT2D eigenvalue weighted by Crippen LogP contribution is 2.47. The molecule has 4 aromatic carbocycles. The van der Waals surface area contributed by atoms with Crippen molar-refractivity contribution in [2.45, 2.75) is 58.3 Å². The van der Waals surface area contributed by atoms with Crippen LogP contribution < -0.4 is 20.1 Å². The number of thiophene rings is 1. The Labute approximate surface area is 382 Å². The monoisotopic (exact) mass is 918 g/mol.